The van der Waals surface area contributed by atoms with Crippen molar-refractivity contribution in [2.24, 2.45) is 0 Å². The van der Waals surface area contributed by atoms with E-state index in [1.807, 2.05) is 6.20 Å². The topological polar surface area (TPSA) is 46.9 Å². The number of halogens is 1. The van der Waals surface area contributed by atoms with E-state index in [0.29, 0.717) is 17.3 Å². The molecule has 1 aliphatic heterocycles. The van der Waals surface area contributed by atoms with Crippen molar-refractivity contribution in [1.29, 1.82) is 0 Å². The van der Waals surface area contributed by atoms with Gasteiger partial charge in [-0.05, 0) is 48.7 Å². The molecule has 1 N–H and O–H groups in total. The zero-order chi connectivity index (χ0) is 18.1. The Kier molecular flexibility index (Phi) is 4.29. The number of aryl methyl sites for hydroxylation is 2. The van der Waals surface area contributed by atoms with Gasteiger partial charge in [0.25, 0.3) is 5.91 Å². The molecular weight excluding hydrogens is 329 g/mol. The average Bonchev–Trinajstić information content (AvgIpc) is 3.07. The third-order valence-electron chi connectivity index (χ3n) is 4.96. The lowest BCUT2D eigenvalue weighted by Gasteiger charge is -2.25. The Morgan fingerprint density at radius 1 is 1.19 bits per heavy atom. The first-order chi connectivity index (χ1) is 12.6. The smallest absolute Gasteiger partial charge is 0.275 e. The van der Waals surface area contributed by atoms with E-state index in [0.717, 1.165) is 25.2 Å². The van der Waals surface area contributed by atoms with E-state index in [1.165, 1.54) is 35.4 Å². The molecule has 4 rings (SSSR count). The van der Waals surface area contributed by atoms with Crippen LogP contribution in [-0.2, 0) is 13.0 Å². The number of hydrogen-bond acceptors (Lipinski definition) is 2. The van der Waals surface area contributed by atoms with Gasteiger partial charge in [-0.25, -0.2) is 9.37 Å². The number of nitrogens with one attached hydrogen (secondary N) is 1. The van der Waals surface area contributed by atoms with E-state index in [-0.39, 0.29) is 11.7 Å². The number of imidazole rings is 1. The molecule has 2 heterocycles. The second-order valence-electron chi connectivity index (χ2n) is 6.75. The number of aromatic nitrogens is 2. The summed E-state index contributed by atoms with van der Waals surface area (Å²) in [6.07, 6.45) is 3.70. The standard InChI is InChI=1S/C21H20FN3O/c1-14-4-2-3-5-18(14)15-6-11-20-24-19(13-25(20)12-15)21(26)23-17-9-7-16(22)8-10-17/h2-5,7-10,13,15H,6,11-12H2,1H3,(H,23,26)/t15-/m0/s1. The summed E-state index contributed by atoms with van der Waals surface area (Å²) in [5, 5.41) is 2.77. The average molecular weight is 349 g/mol. The normalized spacial score (nSPS) is 16.2. The predicted octanol–water partition coefficient (Wildman–Crippen LogP) is 4.31. The van der Waals surface area contributed by atoms with Crippen LogP contribution in [0.15, 0.2) is 54.7 Å². The second-order valence-corrected chi connectivity index (χ2v) is 6.75. The summed E-state index contributed by atoms with van der Waals surface area (Å²) in [7, 11) is 0. The monoisotopic (exact) mass is 349 g/mol. The van der Waals surface area contributed by atoms with Gasteiger partial charge in [0.05, 0.1) is 0 Å². The third kappa shape index (κ3) is 3.25. The highest BCUT2D eigenvalue weighted by Gasteiger charge is 2.24. The zero-order valence-electron chi connectivity index (χ0n) is 14.6. The lowest BCUT2D eigenvalue weighted by atomic mass is 9.89. The summed E-state index contributed by atoms with van der Waals surface area (Å²) in [5.41, 5.74) is 3.62. The zero-order valence-corrected chi connectivity index (χ0v) is 14.6. The molecule has 3 aromatic rings. The minimum atomic E-state index is -0.331. The Bertz CT molecular complexity index is 946. The van der Waals surface area contributed by atoms with Crippen LogP contribution in [0.1, 0.15) is 39.8 Å². The van der Waals surface area contributed by atoms with Gasteiger partial charge in [0, 0.05) is 30.8 Å². The van der Waals surface area contributed by atoms with Crippen molar-refractivity contribution in [3.8, 4) is 0 Å². The van der Waals surface area contributed by atoms with E-state index in [4.69, 9.17) is 0 Å². The molecule has 1 aliphatic rings. The molecule has 0 fully saturated rings. The predicted molar refractivity (Wildman–Crippen MR) is 98.8 cm³/mol. The lowest BCUT2D eigenvalue weighted by molar-refractivity contribution is 0.102. The quantitative estimate of drug-likeness (QED) is 0.766. The number of carbonyl (C=O) groups excluding carboxylic acids is 1. The Balaban J connectivity index is 1.51. The number of rotatable bonds is 3. The molecule has 0 saturated carbocycles. The molecule has 0 saturated heterocycles. The van der Waals surface area contributed by atoms with E-state index in [1.54, 1.807) is 0 Å². The number of benzene rings is 2. The Morgan fingerprint density at radius 3 is 2.73 bits per heavy atom. The van der Waals surface area contributed by atoms with E-state index in [2.05, 4.69) is 46.1 Å². The van der Waals surface area contributed by atoms with Gasteiger partial charge in [0.15, 0.2) is 0 Å². The molecule has 26 heavy (non-hydrogen) atoms. The SMILES string of the molecule is Cc1ccccc1[C@H]1CCc2nc(C(=O)Nc3ccc(F)cc3)cn2C1. The van der Waals surface area contributed by atoms with Gasteiger partial charge in [-0.1, -0.05) is 24.3 Å². The number of nitrogens with zero attached hydrogens (tertiary/aromatic N) is 2. The lowest BCUT2D eigenvalue weighted by Crippen LogP contribution is -2.19. The number of carbonyl (C=O) groups is 1. The van der Waals surface area contributed by atoms with Crippen molar-refractivity contribution >= 4 is 11.6 Å². The third-order valence-corrected chi connectivity index (χ3v) is 4.96. The number of anilines is 1. The van der Waals surface area contributed by atoms with Gasteiger partial charge in [-0.3, -0.25) is 4.79 Å². The Hall–Kier alpha value is -2.95. The van der Waals surface area contributed by atoms with Crippen molar-refractivity contribution in [2.75, 3.05) is 5.32 Å². The maximum absolute atomic E-state index is 13.0. The van der Waals surface area contributed by atoms with Crippen molar-refractivity contribution in [3.05, 3.63) is 83.2 Å². The molecule has 0 unspecified atom stereocenters. The van der Waals surface area contributed by atoms with Crippen LogP contribution >= 0.6 is 0 Å². The highest BCUT2D eigenvalue weighted by Crippen LogP contribution is 2.30. The van der Waals surface area contributed by atoms with Crippen LogP contribution in [0.3, 0.4) is 0 Å². The van der Waals surface area contributed by atoms with E-state index < -0.39 is 0 Å². The number of fused-ring (bicyclic) bond motifs is 1. The Morgan fingerprint density at radius 2 is 1.96 bits per heavy atom. The van der Waals surface area contributed by atoms with Crippen LogP contribution in [0.25, 0.3) is 0 Å². The fourth-order valence-electron chi connectivity index (χ4n) is 3.58. The largest absolute Gasteiger partial charge is 0.333 e. The fraction of sp³-hybridized carbons (Fsp3) is 0.238. The maximum atomic E-state index is 13.0. The van der Waals surface area contributed by atoms with Gasteiger partial charge < -0.3 is 9.88 Å². The second kappa shape index (κ2) is 6.75. The van der Waals surface area contributed by atoms with Crippen LogP contribution in [0.4, 0.5) is 10.1 Å². The molecule has 132 valence electrons. The molecule has 0 bridgehead atoms. The van der Waals surface area contributed by atoms with Crippen molar-refractivity contribution in [3.63, 3.8) is 0 Å². The summed E-state index contributed by atoms with van der Waals surface area (Å²) in [6, 6.07) is 14.2. The van der Waals surface area contributed by atoms with Gasteiger partial charge in [0.1, 0.15) is 17.3 Å². The number of hydrogen-bond donors (Lipinski definition) is 1. The molecule has 2 aromatic carbocycles. The molecule has 0 aliphatic carbocycles. The molecular formula is C21H20FN3O. The summed E-state index contributed by atoms with van der Waals surface area (Å²) in [4.78, 5) is 16.9. The van der Waals surface area contributed by atoms with Gasteiger partial charge >= 0.3 is 0 Å². The Labute approximate surface area is 151 Å². The molecule has 5 heteroatoms. The first-order valence-corrected chi connectivity index (χ1v) is 8.78. The molecule has 1 amide bonds. The minimum Gasteiger partial charge on any atom is -0.333 e. The molecule has 0 radical (unpaired) electrons. The highest BCUT2D eigenvalue weighted by molar-refractivity contribution is 6.02. The summed E-state index contributed by atoms with van der Waals surface area (Å²) < 4.78 is 15.1. The van der Waals surface area contributed by atoms with Crippen LogP contribution in [-0.4, -0.2) is 15.5 Å². The first-order valence-electron chi connectivity index (χ1n) is 8.78. The first kappa shape index (κ1) is 16.5. The van der Waals surface area contributed by atoms with Gasteiger partial charge in [-0.15, -0.1) is 0 Å². The maximum Gasteiger partial charge on any atom is 0.275 e. The minimum absolute atomic E-state index is 0.272. The van der Waals surface area contributed by atoms with Crippen LogP contribution in [0, 0.1) is 12.7 Å². The summed E-state index contributed by atoms with van der Waals surface area (Å²) >= 11 is 0. The van der Waals surface area contributed by atoms with Crippen LogP contribution < -0.4 is 5.32 Å². The highest BCUT2D eigenvalue weighted by atomic mass is 19.1. The van der Waals surface area contributed by atoms with Crippen LogP contribution in [0.5, 0.6) is 0 Å². The van der Waals surface area contributed by atoms with Crippen molar-refractivity contribution in [2.45, 2.75) is 32.2 Å². The fourth-order valence-corrected chi connectivity index (χ4v) is 3.58. The summed E-state index contributed by atoms with van der Waals surface area (Å²) in [6.45, 7) is 2.97. The molecule has 4 nitrogen and oxygen atoms in total. The van der Waals surface area contributed by atoms with Crippen molar-refractivity contribution in [1.82, 2.24) is 9.55 Å². The molecule has 0 spiro atoms. The van der Waals surface area contributed by atoms with Gasteiger partial charge in [0.2, 0.25) is 0 Å². The van der Waals surface area contributed by atoms with Crippen LogP contribution in [0.2, 0.25) is 0 Å². The van der Waals surface area contributed by atoms with E-state index >= 15 is 0 Å². The van der Waals surface area contributed by atoms with Gasteiger partial charge in [-0.2, -0.15) is 0 Å². The van der Waals surface area contributed by atoms with E-state index in [9.17, 15) is 9.18 Å². The summed E-state index contributed by atoms with van der Waals surface area (Å²) in [5.74, 6) is 0.777. The van der Waals surface area contributed by atoms with Crippen molar-refractivity contribution < 1.29 is 9.18 Å². The number of amides is 1. The molecule has 1 atom stereocenters. The molecule has 1 aromatic heterocycles.